The molecule has 1 aliphatic carbocycles. The molecule has 0 amide bonds. The molecule has 1 aliphatic rings. The molecule has 3 aromatic carbocycles. The molecule has 0 aromatic heterocycles. The maximum atomic E-state index is 13.1. The molecule has 1 nitrogen and oxygen atoms in total. The molecule has 0 saturated heterocycles. The van der Waals surface area contributed by atoms with Crippen LogP contribution in [0, 0.1) is 5.92 Å². The van der Waals surface area contributed by atoms with Gasteiger partial charge in [0, 0.05) is 33.4 Å². The van der Waals surface area contributed by atoms with E-state index in [1.54, 1.807) is 0 Å². The third kappa shape index (κ3) is 3.22. The number of rotatable bonds is 4. The summed E-state index contributed by atoms with van der Waals surface area (Å²) < 4.78 is 0. The van der Waals surface area contributed by atoms with Gasteiger partial charge in [0.25, 0.3) is 0 Å². The fourth-order valence-corrected chi connectivity index (χ4v) is 3.88. The number of carbonyl (C=O) groups is 1. The van der Waals surface area contributed by atoms with Crippen molar-refractivity contribution in [2.24, 2.45) is 5.92 Å². The van der Waals surface area contributed by atoms with Crippen molar-refractivity contribution in [3.8, 4) is 0 Å². The summed E-state index contributed by atoms with van der Waals surface area (Å²) in [5, 5.41) is 1.41. The minimum atomic E-state index is -0.0512. The largest absolute Gasteiger partial charge is 0.294 e. The van der Waals surface area contributed by atoms with E-state index in [0.717, 1.165) is 16.7 Å². The third-order valence-corrected chi connectivity index (χ3v) is 5.39. The topological polar surface area (TPSA) is 17.1 Å². The first kappa shape index (κ1) is 16.4. The van der Waals surface area contributed by atoms with Gasteiger partial charge < -0.3 is 0 Å². The second-order valence-electron chi connectivity index (χ2n) is 6.41. The first-order chi connectivity index (χ1) is 12.1. The van der Waals surface area contributed by atoms with Crippen molar-refractivity contribution in [1.82, 2.24) is 0 Å². The number of benzene rings is 3. The van der Waals surface area contributed by atoms with Crippen LogP contribution >= 0.6 is 23.2 Å². The van der Waals surface area contributed by atoms with E-state index < -0.39 is 0 Å². The zero-order valence-corrected chi connectivity index (χ0v) is 14.9. The molecule has 4 rings (SSSR count). The van der Waals surface area contributed by atoms with Gasteiger partial charge in [0.15, 0.2) is 5.78 Å². The van der Waals surface area contributed by atoms with Crippen molar-refractivity contribution in [2.45, 2.75) is 11.8 Å². The number of hydrogen-bond donors (Lipinski definition) is 0. The summed E-state index contributed by atoms with van der Waals surface area (Å²) in [6, 6.07) is 25.2. The van der Waals surface area contributed by atoms with Crippen LogP contribution in [0.25, 0.3) is 0 Å². The Hall–Kier alpha value is -2.09. The van der Waals surface area contributed by atoms with Crippen molar-refractivity contribution < 1.29 is 4.79 Å². The zero-order chi connectivity index (χ0) is 17.4. The smallest absolute Gasteiger partial charge is 0.167 e. The van der Waals surface area contributed by atoms with Crippen LogP contribution < -0.4 is 0 Å². The van der Waals surface area contributed by atoms with E-state index in [1.807, 2.05) is 78.9 Å². The Kier molecular flexibility index (Phi) is 4.37. The first-order valence-electron chi connectivity index (χ1n) is 8.25. The van der Waals surface area contributed by atoms with Gasteiger partial charge in [-0.05, 0) is 35.4 Å². The van der Waals surface area contributed by atoms with Crippen molar-refractivity contribution in [3.05, 3.63) is 106 Å². The lowest BCUT2D eigenvalue weighted by Gasteiger charge is -2.01. The van der Waals surface area contributed by atoms with Gasteiger partial charge in [-0.15, -0.1) is 0 Å². The molecule has 0 spiro atoms. The average Bonchev–Trinajstić information content (AvgIpc) is 3.38. The number of ketones is 1. The van der Waals surface area contributed by atoms with Crippen LogP contribution in [0.4, 0.5) is 0 Å². The minimum absolute atomic E-state index is 0.0512. The molecule has 2 atom stereocenters. The summed E-state index contributed by atoms with van der Waals surface area (Å²) in [5.41, 5.74) is 3.07. The Bertz CT molecular complexity index is 834. The van der Waals surface area contributed by atoms with Gasteiger partial charge in [0.1, 0.15) is 0 Å². The molecule has 0 aliphatic heterocycles. The summed E-state index contributed by atoms with van der Waals surface area (Å²) in [5.74, 6) is 0.488. The highest BCUT2D eigenvalue weighted by Gasteiger charge is 2.55. The normalized spacial score (nSPS) is 21.8. The molecule has 3 heteroatoms. The molecule has 25 heavy (non-hydrogen) atoms. The molecule has 1 saturated carbocycles. The van der Waals surface area contributed by atoms with Crippen molar-refractivity contribution >= 4 is 29.0 Å². The minimum Gasteiger partial charge on any atom is -0.294 e. The highest BCUT2D eigenvalue weighted by molar-refractivity contribution is 6.30. The van der Waals surface area contributed by atoms with Crippen LogP contribution in [0.1, 0.15) is 33.3 Å². The molecule has 0 unspecified atom stereocenters. The Morgan fingerprint density at radius 3 is 1.52 bits per heavy atom. The Morgan fingerprint density at radius 1 is 0.640 bits per heavy atom. The quantitative estimate of drug-likeness (QED) is 0.490. The molecule has 0 bridgehead atoms. The lowest BCUT2D eigenvalue weighted by molar-refractivity contribution is 0.0963. The lowest BCUT2D eigenvalue weighted by atomic mass is 10.0. The molecular weight excluding hydrogens is 351 g/mol. The summed E-state index contributed by atoms with van der Waals surface area (Å²) in [6.07, 6.45) is 0. The van der Waals surface area contributed by atoms with Crippen LogP contribution in [-0.2, 0) is 0 Å². The molecule has 0 radical (unpaired) electrons. The van der Waals surface area contributed by atoms with E-state index in [4.69, 9.17) is 23.2 Å². The number of hydrogen-bond acceptors (Lipinski definition) is 1. The fraction of sp³-hybridized carbons (Fsp3) is 0.136. The van der Waals surface area contributed by atoms with Crippen molar-refractivity contribution in [1.29, 1.82) is 0 Å². The van der Waals surface area contributed by atoms with Gasteiger partial charge in [0.05, 0.1) is 0 Å². The van der Waals surface area contributed by atoms with E-state index in [1.165, 1.54) is 0 Å². The lowest BCUT2D eigenvalue weighted by Crippen LogP contribution is -2.03. The van der Waals surface area contributed by atoms with E-state index in [9.17, 15) is 4.79 Å². The molecular formula is C22H16Cl2O. The third-order valence-electron chi connectivity index (χ3n) is 4.89. The number of halogens is 2. The fourth-order valence-electron chi connectivity index (χ4n) is 3.63. The number of Topliss-reactive ketones (excluding diaryl/α,β-unsaturated/α-hetero) is 1. The highest BCUT2D eigenvalue weighted by Crippen LogP contribution is 2.61. The van der Waals surface area contributed by atoms with Gasteiger partial charge in [-0.2, -0.15) is 0 Å². The first-order valence-corrected chi connectivity index (χ1v) is 9.01. The van der Waals surface area contributed by atoms with Crippen LogP contribution in [0.5, 0.6) is 0 Å². The summed E-state index contributed by atoms with van der Waals surface area (Å²) in [4.78, 5) is 13.1. The maximum absolute atomic E-state index is 13.1. The standard InChI is InChI=1S/C22H16Cl2O/c23-17-10-6-14(7-11-17)19-20(15-8-12-18(24)13-9-15)21(19)22(25)16-4-2-1-3-5-16/h1-13,19-21H/t19-,20-/m1/s1. The SMILES string of the molecule is O=C(c1ccccc1)C1[C@H](c2ccc(Cl)cc2)[C@H]1c1ccc(Cl)cc1. The predicted molar refractivity (Wildman–Crippen MR) is 103 cm³/mol. The van der Waals surface area contributed by atoms with E-state index in [-0.39, 0.29) is 23.5 Å². The second kappa shape index (κ2) is 6.67. The van der Waals surface area contributed by atoms with Gasteiger partial charge in [-0.25, -0.2) is 0 Å². The van der Waals surface area contributed by atoms with E-state index >= 15 is 0 Å². The van der Waals surface area contributed by atoms with Crippen molar-refractivity contribution in [3.63, 3.8) is 0 Å². The van der Waals surface area contributed by atoms with Gasteiger partial charge in [-0.3, -0.25) is 4.79 Å². The zero-order valence-electron chi connectivity index (χ0n) is 13.4. The molecule has 124 valence electrons. The number of carbonyl (C=O) groups excluding carboxylic acids is 1. The van der Waals surface area contributed by atoms with Crippen LogP contribution in [-0.4, -0.2) is 5.78 Å². The molecule has 1 fully saturated rings. The molecule has 3 aromatic rings. The highest BCUT2D eigenvalue weighted by atomic mass is 35.5. The van der Waals surface area contributed by atoms with Crippen LogP contribution in [0.15, 0.2) is 78.9 Å². The Balaban J connectivity index is 1.70. The predicted octanol–water partition coefficient (Wildman–Crippen LogP) is 6.37. The van der Waals surface area contributed by atoms with Crippen LogP contribution in [0.3, 0.4) is 0 Å². The summed E-state index contributed by atoms with van der Waals surface area (Å²) >= 11 is 12.0. The van der Waals surface area contributed by atoms with E-state index in [0.29, 0.717) is 10.0 Å². The maximum Gasteiger partial charge on any atom is 0.167 e. The Morgan fingerprint density at radius 2 is 1.08 bits per heavy atom. The molecule has 0 N–H and O–H groups in total. The van der Waals surface area contributed by atoms with E-state index in [2.05, 4.69) is 0 Å². The molecule has 0 heterocycles. The Labute approximate surface area is 157 Å². The van der Waals surface area contributed by atoms with Crippen molar-refractivity contribution in [2.75, 3.05) is 0 Å². The van der Waals surface area contributed by atoms with Gasteiger partial charge >= 0.3 is 0 Å². The summed E-state index contributed by atoms with van der Waals surface area (Å²) in [6.45, 7) is 0. The van der Waals surface area contributed by atoms with Crippen LogP contribution in [0.2, 0.25) is 10.0 Å². The van der Waals surface area contributed by atoms with Gasteiger partial charge in [-0.1, -0.05) is 77.8 Å². The monoisotopic (exact) mass is 366 g/mol. The second-order valence-corrected chi connectivity index (χ2v) is 7.28. The average molecular weight is 367 g/mol. The summed E-state index contributed by atoms with van der Waals surface area (Å²) in [7, 11) is 0. The van der Waals surface area contributed by atoms with Gasteiger partial charge in [0.2, 0.25) is 0 Å².